The summed E-state index contributed by atoms with van der Waals surface area (Å²) >= 11 is 1.22. The highest BCUT2D eigenvalue weighted by atomic mass is 32.2. The minimum Gasteiger partial charge on any atom is -0.325 e. The summed E-state index contributed by atoms with van der Waals surface area (Å²) < 4.78 is 14.8. The Morgan fingerprint density at radius 2 is 2.04 bits per heavy atom. The monoisotopic (exact) mass is 385 g/mol. The van der Waals surface area contributed by atoms with Crippen molar-refractivity contribution < 1.29 is 9.18 Å². The van der Waals surface area contributed by atoms with Crippen molar-refractivity contribution in [3.8, 4) is 5.69 Å². The largest absolute Gasteiger partial charge is 0.325 e. The van der Waals surface area contributed by atoms with Crippen molar-refractivity contribution in [1.82, 2.24) is 20.2 Å². The standard InChI is InChI=1S/C19H20FN5OS/c1-2-3-5-14-8-10-17(11-9-14)25-19(22-23-24-25)27-13-18(26)21-16-7-4-6-15(20)12-16/h4,6-12H,2-3,5,13H2,1H3,(H,21,26). The molecule has 0 aliphatic carbocycles. The number of amides is 1. The topological polar surface area (TPSA) is 72.7 Å². The van der Waals surface area contributed by atoms with Crippen LogP contribution in [-0.4, -0.2) is 31.9 Å². The van der Waals surface area contributed by atoms with Crippen LogP contribution in [0.2, 0.25) is 0 Å². The molecule has 2 aromatic carbocycles. The smallest absolute Gasteiger partial charge is 0.234 e. The van der Waals surface area contributed by atoms with Gasteiger partial charge in [0.05, 0.1) is 11.4 Å². The molecule has 0 aliphatic heterocycles. The number of nitrogens with zero attached hydrogens (tertiary/aromatic N) is 4. The minimum absolute atomic E-state index is 0.117. The van der Waals surface area contributed by atoms with Gasteiger partial charge < -0.3 is 5.32 Å². The zero-order valence-corrected chi connectivity index (χ0v) is 15.7. The van der Waals surface area contributed by atoms with Crippen LogP contribution in [0.3, 0.4) is 0 Å². The van der Waals surface area contributed by atoms with E-state index in [-0.39, 0.29) is 11.7 Å². The summed E-state index contributed by atoms with van der Waals surface area (Å²) in [7, 11) is 0. The number of unbranched alkanes of at least 4 members (excludes halogenated alkanes) is 1. The van der Waals surface area contributed by atoms with Crippen molar-refractivity contribution >= 4 is 23.4 Å². The number of anilines is 1. The van der Waals surface area contributed by atoms with Gasteiger partial charge in [-0.25, -0.2) is 4.39 Å². The summed E-state index contributed by atoms with van der Waals surface area (Å²) in [5, 5.41) is 14.9. The molecule has 140 valence electrons. The summed E-state index contributed by atoms with van der Waals surface area (Å²) in [4.78, 5) is 12.1. The molecular formula is C19H20FN5OS. The van der Waals surface area contributed by atoms with Gasteiger partial charge in [0.15, 0.2) is 0 Å². The first-order valence-electron chi connectivity index (χ1n) is 8.71. The highest BCUT2D eigenvalue weighted by molar-refractivity contribution is 7.99. The number of aromatic nitrogens is 4. The summed E-state index contributed by atoms with van der Waals surface area (Å²) in [6.07, 6.45) is 3.37. The third-order valence-electron chi connectivity index (χ3n) is 3.88. The lowest BCUT2D eigenvalue weighted by molar-refractivity contribution is -0.113. The molecule has 27 heavy (non-hydrogen) atoms. The van der Waals surface area contributed by atoms with Gasteiger partial charge in [-0.15, -0.1) is 5.10 Å². The van der Waals surface area contributed by atoms with E-state index in [0.29, 0.717) is 10.8 Å². The Balaban J connectivity index is 1.60. The quantitative estimate of drug-likeness (QED) is 0.596. The van der Waals surface area contributed by atoms with Crippen LogP contribution in [-0.2, 0) is 11.2 Å². The first-order valence-corrected chi connectivity index (χ1v) is 9.70. The predicted molar refractivity (Wildman–Crippen MR) is 104 cm³/mol. The molecule has 8 heteroatoms. The van der Waals surface area contributed by atoms with E-state index < -0.39 is 5.82 Å². The van der Waals surface area contributed by atoms with Crippen LogP contribution in [0.25, 0.3) is 5.69 Å². The SMILES string of the molecule is CCCCc1ccc(-n2nnnc2SCC(=O)Nc2cccc(F)c2)cc1. The van der Waals surface area contributed by atoms with Gasteiger partial charge in [-0.05, 0) is 59.2 Å². The highest BCUT2D eigenvalue weighted by Crippen LogP contribution is 2.19. The molecule has 1 heterocycles. The highest BCUT2D eigenvalue weighted by Gasteiger charge is 2.12. The third-order valence-corrected chi connectivity index (χ3v) is 4.80. The van der Waals surface area contributed by atoms with Crippen molar-refractivity contribution in [2.24, 2.45) is 0 Å². The van der Waals surface area contributed by atoms with Gasteiger partial charge in [-0.1, -0.05) is 43.3 Å². The number of halogens is 1. The number of hydrogen-bond donors (Lipinski definition) is 1. The Morgan fingerprint density at radius 3 is 2.78 bits per heavy atom. The van der Waals surface area contributed by atoms with E-state index in [9.17, 15) is 9.18 Å². The number of carbonyl (C=O) groups excluding carboxylic acids is 1. The Morgan fingerprint density at radius 1 is 1.22 bits per heavy atom. The average Bonchev–Trinajstić information content (AvgIpc) is 3.14. The van der Waals surface area contributed by atoms with Crippen molar-refractivity contribution in [3.63, 3.8) is 0 Å². The maximum Gasteiger partial charge on any atom is 0.234 e. The van der Waals surface area contributed by atoms with E-state index in [1.165, 1.54) is 29.5 Å². The minimum atomic E-state index is -0.397. The van der Waals surface area contributed by atoms with E-state index in [2.05, 4.69) is 39.9 Å². The Labute approximate surface area is 161 Å². The number of benzene rings is 2. The molecule has 3 rings (SSSR count). The maximum atomic E-state index is 13.2. The number of tetrazole rings is 1. The summed E-state index contributed by atoms with van der Waals surface area (Å²) in [5.74, 6) is -0.535. The lowest BCUT2D eigenvalue weighted by Crippen LogP contribution is -2.14. The first-order chi connectivity index (χ1) is 13.2. The van der Waals surface area contributed by atoms with Crippen molar-refractivity contribution in [2.75, 3.05) is 11.1 Å². The van der Waals surface area contributed by atoms with E-state index in [1.54, 1.807) is 16.8 Å². The van der Waals surface area contributed by atoms with Crippen molar-refractivity contribution in [2.45, 2.75) is 31.3 Å². The predicted octanol–water partition coefficient (Wildman–Crippen LogP) is 3.87. The fourth-order valence-corrected chi connectivity index (χ4v) is 3.20. The molecule has 0 atom stereocenters. The van der Waals surface area contributed by atoms with Crippen LogP contribution in [0.1, 0.15) is 25.3 Å². The van der Waals surface area contributed by atoms with E-state index >= 15 is 0 Å². The van der Waals surface area contributed by atoms with E-state index in [4.69, 9.17) is 0 Å². The van der Waals surface area contributed by atoms with Gasteiger partial charge >= 0.3 is 0 Å². The number of aryl methyl sites for hydroxylation is 1. The Kier molecular flexibility index (Phi) is 6.54. The van der Waals surface area contributed by atoms with E-state index in [0.717, 1.165) is 24.9 Å². The number of nitrogens with one attached hydrogen (secondary N) is 1. The summed E-state index contributed by atoms with van der Waals surface area (Å²) in [5.41, 5.74) is 2.54. The number of thioether (sulfide) groups is 1. The molecule has 1 aromatic heterocycles. The van der Waals surface area contributed by atoms with Gasteiger partial charge in [-0.3, -0.25) is 4.79 Å². The third kappa shape index (κ3) is 5.37. The first kappa shape index (κ1) is 19.0. The summed E-state index contributed by atoms with van der Waals surface area (Å²) in [6, 6.07) is 13.9. The van der Waals surface area contributed by atoms with Crippen molar-refractivity contribution in [1.29, 1.82) is 0 Å². The van der Waals surface area contributed by atoms with Crippen LogP contribution >= 0.6 is 11.8 Å². The number of rotatable bonds is 8. The molecule has 0 bridgehead atoms. The Hall–Kier alpha value is -2.74. The van der Waals surface area contributed by atoms with Crippen molar-refractivity contribution in [3.05, 3.63) is 59.9 Å². The molecule has 1 N–H and O–H groups in total. The molecule has 0 saturated carbocycles. The summed E-state index contributed by atoms with van der Waals surface area (Å²) in [6.45, 7) is 2.17. The molecule has 0 unspecified atom stereocenters. The second-order valence-corrected chi connectivity index (χ2v) is 6.93. The Bertz CT molecular complexity index is 897. The lowest BCUT2D eigenvalue weighted by atomic mass is 10.1. The molecule has 0 spiro atoms. The second-order valence-electron chi connectivity index (χ2n) is 5.99. The molecule has 0 fully saturated rings. The normalized spacial score (nSPS) is 10.7. The van der Waals surface area contributed by atoms with Gasteiger partial charge in [0.2, 0.25) is 11.1 Å². The number of carbonyl (C=O) groups is 1. The zero-order valence-electron chi connectivity index (χ0n) is 14.9. The van der Waals surface area contributed by atoms with Gasteiger partial charge in [-0.2, -0.15) is 4.68 Å². The van der Waals surface area contributed by atoms with Gasteiger partial charge in [0.25, 0.3) is 0 Å². The van der Waals surface area contributed by atoms with E-state index in [1.807, 2.05) is 12.1 Å². The lowest BCUT2D eigenvalue weighted by Gasteiger charge is -2.07. The fourth-order valence-electron chi connectivity index (χ4n) is 2.51. The molecule has 0 saturated heterocycles. The van der Waals surface area contributed by atoms with Crippen LogP contribution in [0.15, 0.2) is 53.7 Å². The van der Waals surface area contributed by atoms with Crippen LogP contribution in [0.5, 0.6) is 0 Å². The number of hydrogen-bond acceptors (Lipinski definition) is 5. The second kappa shape index (κ2) is 9.27. The fraction of sp³-hybridized carbons (Fsp3) is 0.263. The van der Waals surface area contributed by atoms with Gasteiger partial charge in [0, 0.05) is 5.69 Å². The van der Waals surface area contributed by atoms with Crippen LogP contribution in [0, 0.1) is 5.82 Å². The van der Waals surface area contributed by atoms with Crippen LogP contribution in [0.4, 0.5) is 10.1 Å². The zero-order chi connectivity index (χ0) is 19.1. The molecule has 3 aromatic rings. The van der Waals surface area contributed by atoms with Crippen LogP contribution < -0.4 is 5.32 Å². The molecule has 0 radical (unpaired) electrons. The molecule has 1 amide bonds. The molecule has 0 aliphatic rings. The maximum absolute atomic E-state index is 13.2. The average molecular weight is 385 g/mol. The van der Waals surface area contributed by atoms with Gasteiger partial charge in [0.1, 0.15) is 5.82 Å². The molecule has 6 nitrogen and oxygen atoms in total. The molecular weight excluding hydrogens is 365 g/mol.